The van der Waals surface area contributed by atoms with Gasteiger partial charge in [-0.2, -0.15) is 0 Å². The Morgan fingerprint density at radius 2 is 1.68 bits per heavy atom. The molecule has 0 unspecified atom stereocenters. The largest absolute Gasteiger partial charge is 0.497 e. The average Bonchev–Trinajstić information content (AvgIpc) is 2.58. The van der Waals surface area contributed by atoms with E-state index in [4.69, 9.17) is 9.47 Å². The van der Waals surface area contributed by atoms with E-state index >= 15 is 0 Å². The van der Waals surface area contributed by atoms with Gasteiger partial charge in [0.1, 0.15) is 17.4 Å². The molecule has 1 aromatic carbocycles. The highest BCUT2D eigenvalue weighted by molar-refractivity contribution is 5.96. The molecule has 0 bridgehead atoms. The minimum absolute atomic E-state index is 0.0804. The van der Waals surface area contributed by atoms with E-state index in [1.807, 2.05) is 0 Å². The van der Waals surface area contributed by atoms with E-state index < -0.39 is 23.7 Å². The molecule has 7 nitrogen and oxygen atoms in total. The molecule has 0 heterocycles. The maximum absolute atomic E-state index is 12.6. The number of amides is 1. The van der Waals surface area contributed by atoms with Crippen LogP contribution in [-0.2, 0) is 9.53 Å². The SMILES string of the molecule is COc1ccc(C(=O)CCCN(C(=O)OC(C)(C)C)[C@H](C(=O)O)C(C)C)cc1. The standard InChI is InChI=1S/C21H31NO6/c1-14(2)18(19(24)25)22(20(26)28-21(3,4)5)13-7-8-17(23)15-9-11-16(27-6)12-10-15/h9-12,14,18H,7-8,13H2,1-6H3,(H,24,25)/t18-/m0/s1. The summed E-state index contributed by atoms with van der Waals surface area (Å²) < 4.78 is 10.4. The molecule has 0 fully saturated rings. The predicted octanol–water partition coefficient (Wildman–Crippen LogP) is 4.00. The van der Waals surface area contributed by atoms with E-state index in [1.54, 1.807) is 66.0 Å². The Bertz CT molecular complexity index is 675. The zero-order chi connectivity index (χ0) is 21.5. The third-order valence-corrected chi connectivity index (χ3v) is 4.06. The lowest BCUT2D eigenvalue weighted by Crippen LogP contribution is -2.50. The van der Waals surface area contributed by atoms with E-state index in [0.29, 0.717) is 17.7 Å². The first kappa shape index (κ1) is 23.5. The maximum Gasteiger partial charge on any atom is 0.411 e. The van der Waals surface area contributed by atoms with Gasteiger partial charge in [-0.05, 0) is 57.4 Å². The van der Waals surface area contributed by atoms with E-state index in [-0.39, 0.29) is 24.7 Å². The molecule has 1 rings (SSSR count). The number of benzene rings is 1. The number of nitrogens with zero attached hydrogens (tertiary/aromatic N) is 1. The number of carbonyl (C=O) groups is 3. The summed E-state index contributed by atoms with van der Waals surface area (Å²) in [5, 5.41) is 9.57. The molecule has 0 radical (unpaired) electrons. The second-order valence-corrected chi connectivity index (χ2v) is 7.96. The summed E-state index contributed by atoms with van der Waals surface area (Å²) in [6, 6.07) is 5.76. The van der Waals surface area contributed by atoms with E-state index in [9.17, 15) is 19.5 Å². The number of aliphatic carboxylic acids is 1. The molecule has 1 N–H and O–H groups in total. The van der Waals surface area contributed by atoms with Crippen molar-refractivity contribution in [1.29, 1.82) is 0 Å². The van der Waals surface area contributed by atoms with Crippen LogP contribution in [0.4, 0.5) is 4.79 Å². The first-order chi connectivity index (χ1) is 13.0. The molecular weight excluding hydrogens is 362 g/mol. The number of methoxy groups -OCH3 is 1. The van der Waals surface area contributed by atoms with E-state index in [0.717, 1.165) is 0 Å². The van der Waals surface area contributed by atoms with Crippen LogP contribution in [0, 0.1) is 5.92 Å². The Hall–Kier alpha value is -2.57. The number of ketones is 1. The summed E-state index contributed by atoms with van der Waals surface area (Å²) in [6.07, 6.45) is -0.165. The smallest absolute Gasteiger partial charge is 0.411 e. The number of Topliss-reactive ketones (excluding diaryl/α,β-unsaturated/α-hetero) is 1. The van der Waals surface area contributed by atoms with Gasteiger partial charge in [-0.3, -0.25) is 9.69 Å². The minimum atomic E-state index is -1.10. The first-order valence-electron chi connectivity index (χ1n) is 9.36. The highest BCUT2D eigenvalue weighted by atomic mass is 16.6. The lowest BCUT2D eigenvalue weighted by Gasteiger charge is -2.33. The molecular formula is C21H31NO6. The van der Waals surface area contributed by atoms with Crippen LogP contribution < -0.4 is 4.74 Å². The molecule has 28 heavy (non-hydrogen) atoms. The highest BCUT2D eigenvalue weighted by Crippen LogP contribution is 2.19. The number of carboxylic acids is 1. The normalized spacial score (nSPS) is 12.4. The third kappa shape index (κ3) is 7.21. The summed E-state index contributed by atoms with van der Waals surface area (Å²) in [5.74, 6) is -0.818. The number of carbonyl (C=O) groups excluding carboxylic acids is 2. The summed E-state index contributed by atoms with van der Waals surface area (Å²) in [4.78, 5) is 37.8. The summed E-state index contributed by atoms with van der Waals surface area (Å²) in [6.45, 7) is 8.76. The summed E-state index contributed by atoms with van der Waals surface area (Å²) in [5.41, 5.74) is -0.197. The van der Waals surface area contributed by atoms with Gasteiger partial charge in [0, 0.05) is 18.5 Å². The molecule has 7 heteroatoms. The van der Waals surface area contributed by atoms with Crippen LogP contribution >= 0.6 is 0 Å². The summed E-state index contributed by atoms with van der Waals surface area (Å²) in [7, 11) is 1.55. The van der Waals surface area contributed by atoms with Crippen molar-refractivity contribution in [3.63, 3.8) is 0 Å². The van der Waals surface area contributed by atoms with Gasteiger partial charge in [0.15, 0.2) is 5.78 Å². The third-order valence-electron chi connectivity index (χ3n) is 4.06. The monoisotopic (exact) mass is 393 g/mol. The van der Waals surface area contributed by atoms with Gasteiger partial charge >= 0.3 is 12.1 Å². The second-order valence-electron chi connectivity index (χ2n) is 7.96. The molecule has 0 aliphatic heterocycles. The van der Waals surface area contributed by atoms with Gasteiger partial charge in [-0.25, -0.2) is 9.59 Å². The highest BCUT2D eigenvalue weighted by Gasteiger charge is 2.34. The van der Waals surface area contributed by atoms with Crippen LogP contribution in [0.25, 0.3) is 0 Å². The van der Waals surface area contributed by atoms with Crippen molar-refractivity contribution >= 4 is 17.8 Å². The second kappa shape index (κ2) is 10.1. The van der Waals surface area contributed by atoms with Gasteiger partial charge in [-0.15, -0.1) is 0 Å². The van der Waals surface area contributed by atoms with Crippen molar-refractivity contribution in [3.8, 4) is 5.75 Å². The fourth-order valence-corrected chi connectivity index (χ4v) is 2.77. The molecule has 0 saturated heterocycles. The van der Waals surface area contributed by atoms with Gasteiger partial charge in [0.05, 0.1) is 7.11 Å². The molecule has 1 aromatic rings. The molecule has 1 atom stereocenters. The first-order valence-corrected chi connectivity index (χ1v) is 9.36. The van der Waals surface area contributed by atoms with Crippen LogP contribution in [0.5, 0.6) is 5.75 Å². The van der Waals surface area contributed by atoms with Crippen LogP contribution in [-0.4, -0.2) is 53.1 Å². The van der Waals surface area contributed by atoms with Crippen LogP contribution in [0.3, 0.4) is 0 Å². The summed E-state index contributed by atoms with van der Waals surface area (Å²) >= 11 is 0. The molecule has 156 valence electrons. The number of hydrogen-bond acceptors (Lipinski definition) is 5. The van der Waals surface area contributed by atoms with Crippen LogP contribution in [0.2, 0.25) is 0 Å². The Morgan fingerprint density at radius 3 is 2.11 bits per heavy atom. The Morgan fingerprint density at radius 1 is 1.11 bits per heavy atom. The molecule has 0 aromatic heterocycles. The average molecular weight is 393 g/mol. The minimum Gasteiger partial charge on any atom is -0.497 e. The van der Waals surface area contributed by atoms with Gasteiger partial charge in [0.25, 0.3) is 0 Å². The Kier molecular flexibility index (Phi) is 8.47. The van der Waals surface area contributed by atoms with Crippen molar-refractivity contribution < 1.29 is 29.0 Å². The van der Waals surface area contributed by atoms with Crippen molar-refractivity contribution in [3.05, 3.63) is 29.8 Å². The van der Waals surface area contributed by atoms with Crippen molar-refractivity contribution in [1.82, 2.24) is 4.90 Å². The Labute approximate surface area is 166 Å². The fourth-order valence-electron chi connectivity index (χ4n) is 2.77. The van der Waals surface area contributed by atoms with Crippen molar-refractivity contribution in [2.45, 2.75) is 59.1 Å². The van der Waals surface area contributed by atoms with E-state index in [2.05, 4.69) is 0 Å². The van der Waals surface area contributed by atoms with Crippen LogP contribution in [0.15, 0.2) is 24.3 Å². The van der Waals surface area contributed by atoms with Crippen molar-refractivity contribution in [2.24, 2.45) is 5.92 Å². The predicted molar refractivity (Wildman–Crippen MR) is 106 cm³/mol. The molecule has 1 amide bonds. The maximum atomic E-state index is 12.6. The molecule has 0 aliphatic carbocycles. The quantitative estimate of drug-likeness (QED) is 0.637. The van der Waals surface area contributed by atoms with Crippen LogP contribution in [0.1, 0.15) is 57.8 Å². The number of carboxylic acid groups (broad SMARTS) is 1. The van der Waals surface area contributed by atoms with Gasteiger partial charge in [0.2, 0.25) is 0 Å². The van der Waals surface area contributed by atoms with E-state index in [1.165, 1.54) is 4.90 Å². The number of rotatable bonds is 9. The number of ether oxygens (including phenoxy) is 2. The molecule has 0 aliphatic rings. The lowest BCUT2D eigenvalue weighted by molar-refractivity contribution is -0.144. The Balaban J connectivity index is 2.83. The zero-order valence-electron chi connectivity index (χ0n) is 17.5. The zero-order valence-corrected chi connectivity index (χ0v) is 17.5. The van der Waals surface area contributed by atoms with Gasteiger partial charge in [-0.1, -0.05) is 13.8 Å². The van der Waals surface area contributed by atoms with Crippen molar-refractivity contribution in [2.75, 3.05) is 13.7 Å². The topological polar surface area (TPSA) is 93.1 Å². The fraction of sp³-hybridized carbons (Fsp3) is 0.571. The molecule has 0 saturated carbocycles. The number of hydrogen-bond donors (Lipinski definition) is 1. The van der Waals surface area contributed by atoms with Gasteiger partial charge < -0.3 is 14.6 Å². The lowest BCUT2D eigenvalue weighted by atomic mass is 10.0. The molecule has 0 spiro atoms.